The average Bonchev–Trinajstić information content (AvgIpc) is 2.43. The molecule has 0 aliphatic rings. The summed E-state index contributed by atoms with van der Waals surface area (Å²) in [6, 6.07) is 8.47. The van der Waals surface area contributed by atoms with E-state index >= 15 is 0 Å². The molecule has 0 saturated carbocycles. The molecule has 0 amide bonds. The van der Waals surface area contributed by atoms with Crippen LogP contribution in [0.4, 0.5) is 0 Å². The lowest BCUT2D eigenvalue weighted by atomic mass is 10.0. The summed E-state index contributed by atoms with van der Waals surface area (Å²) in [6.07, 6.45) is 1.10. The van der Waals surface area contributed by atoms with Crippen molar-refractivity contribution < 1.29 is 4.21 Å². The molecule has 0 fully saturated rings. The van der Waals surface area contributed by atoms with E-state index in [1.54, 1.807) is 0 Å². The molecule has 0 aliphatic carbocycles. The highest BCUT2D eigenvalue weighted by atomic mass is 32.2. The lowest BCUT2D eigenvalue weighted by Gasteiger charge is -2.21. The largest absolute Gasteiger partial charge is 0.313 e. The van der Waals surface area contributed by atoms with Crippen molar-refractivity contribution in [2.24, 2.45) is 0 Å². The van der Waals surface area contributed by atoms with Crippen molar-refractivity contribution in [1.82, 2.24) is 5.32 Å². The Morgan fingerprint density at radius 1 is 1.11 bits per heavy atom. The van der Waals surface area contributed by atoms with Gasteiger partial charge in [0, 0.05) is 10.9 Å². The van der Waals surface area contributed by atoms with Crippen LogP contribution in [0, 0.1) is 0 Å². The average molecular weight is 281 g/mol. The van der Waals surface area contributed by atoms with E-state index in [0.717, 1.165) is 17.9 Å². The summed E-state index contributed by atoms with van der Waals surface area (Å²) in [5.41, 5.74) is 1.30. The van der Waals surface area contributed by atoms with Crippen LogP contribution in [0.3, 0.4) is 0 Å². The third kappa shape index (κ3) is 4.73. The van der Waals surface area contributed by atoms with Crippen LogP contribution in [0.15, 0.2) is 29.2 Å². The summed E-state index contributed by atoms with van der Waals surface area (Å²) in [4.78, 5) is 0.932. The number of nitrogens with one attached hydrogen (secondary N) is 1. The van der Waals surface area contributed by atoms with Gasteiger partial charge >= 0.3 is 0 Å². The predicted molar refractivity (Wildman–Crippen MR) is 84.2 cm³/mol. The minimum absolute atomic E-state index is 0.122. The first-order valence-corrected chi connectivity index (χ1v) is 8.42. The highest BCUT2D eigenvalue weighted by Crippen LogP contribution is 2.19. The third-order valence-corrected chi connectivity index (χ3v) is 5.36. The standard InChI is InChI=1S/C16H27NOS/c1-6-11-17-13(4)14(5)19(18)16-9-7-15(8-10-16)12(2)3/h7-10,12-14,17H,6,11H2,1-5H3. The van der Waals surface area contributed by atoms with Gasteiger partial charge in [-0.25, -0.2) is 0 Å². The zero-order chi connectivity index (χ0) is 14.4. The lowest BCUT2D eigenvalue weighted by Crippen LogP contribution is -2.38. The number of hydrogen-bond acceptors (Lipinski definition) is 2. The molecule has 3 atom stereocenters. The van der Waals surface area contributed by atoms with Gasteiger partial charge in [0.25, 0.3) is 0 Å². The van der Waals surface area contributed by atoms with Gasteiger partial charge < -0.3 is 5.32 Å². The van der Waals surface area contributed by atoms with Crippen molar-refractivity contribution in [2.45, 2.75) is 63.1 Å². The topological polar surface area (TPSA) is 29.1 Å². The molecule has 1 rings (SSSR count). The maximum absolute atomic E-state index is 12.5. The van der Waals surface area contributed by atoms with Crippen molar-refractivity contribution in [3.05, 3.63) is 29.8 Å². The molecule has 0 aliphatic heterocycles. The van der Waals surface area contributed by atoms with Gasteiger partial charge in [-0.2, -0.15) is 0 Å². The minimum atomic E-state index is -0.946. The molecule has 0 spiro atoms. The smallest absolute Gasteiger partial charge is 0.0573 e. The zero-order valence-corrected chi connectivity index (χ0v) is 13.6. The molecule has 1 aromatic rings. The van der Waals surface area contributed by atoms with Crippen molar-refractivity contribution in [3.63, 3.8) is 0 Å². The van der Waals surface area contributed by atoms with Crippen molar-refractivity contribution in [1.29, 1.82) is 0 Å². The Morgan fingerprint density at radius 3 is 2.16 bits per heavy atom. The molecule has 19 heavy (non-hydrogen) atoms. The van der Waals surface area contributed by atoms with E-state index in [-0.39, 0.29) is 11.3 Å². The van der Waals surface area contributed by atoms with E-state index in [2.05, 4.69) is 52.1 Å². The van der Waals surface area contributed by atoms with Crippen LogP contribution in [-0.4, -0.2) is 22.0 Å². The Bertz CT molecular complexity index is 400. The fraction of sp³-hybridized carbons (Fsp3) is 0.625. The van der Waals surface area contributed by atoms with E-state index in [4.69, 9.17) is 0 Å². The first kappa shape index (κ1) is 16.4. The summed E-state index contributed by atoms with van der Waals surface area (Å²) < 4.78 is 12.5. The number of rotatable bonds is 7. The van der Waals surface area contributed by atoms with Crippen LogP contribution in [0.2, 0.25) is 0 Å². The molecule has 0 radical (unpaired) electrons. The molecule has 0 heterocycles. The Balaban J connectivity index is 2.71. The second kappa shape index (κ2) is 7.81. The second-order valence-electron chi connectivity index (χ2n) is 5.47. The van der Waals surface area contributed by atoms with Crippen LogP contribution >= 0.6 is 0 Å². The highest BCUT2D eigenvalue weighted by molar-refractivity contribution is 7.85. The molecular weight excluding hydrogens is 254 g/mol. The summed E-state index contributed by atoms with van der Waals surface area (Å²) in [5, 5.41) is 3.54. The molecule has 0 saturated heterocycles. The Morgan fingerprint density at radius 2 is 1.68 bits per heavy atom. The van der Waals surface area contributed by atoms with E-state index in [0.29, 0.717) is 5.92 Å². The third-order valence-electron chi connectivity index (χ3n) is 3.54. The molecule has 2 nitrogen and oxygen atoms in total. The van der Waals surface area contributed by atoms with Crippen LogP contribution < -0.4 is 5.32 Å². The van der Waals surface area contributed by atoms with Gasteiger partial charge in [-0.15, -0.1) is 0 Å². The summed E-state index contributed by atoms with van der Waals surface area (Å²) in [6.45, 7) is 11.6. The van der Waals surface area contributed by atoms with E-state index < -0.39 is 10.8 Å². The molecule has 1 aromatic carbocycles. The van der Waals surface area contributed by atoms with Gasteiger partial charge in [-0.05, 0) is 50.4 Å². The van der Waals surface area contributed by atoms with E-state index in [1.165, 1.54) is 5.56 Å². The van der Waals surface area contributed by atoms with Gasteiger partial charge in [0.15, 0.2) is 0 Å². The van der Waals surface area contributed by atoms with Crippen LogP contribution in [0.25, 0.3) is 0 Å². The van der Waals surface area contributed by atoms with Crippen molar-refractivity contribution in [2.75, 3.05) is 6.54 Å². The fourth-order valence-electron chi connectivity index (χ4n) is 1.92. The lowest BCUT2D eigenvalue weighted by molar-refractivity contribution is 0.531. The maximum atomic E-state index is 12.5. The Labute approximate surface area is 120 Å². The van der Waals surface area contributed by atoms with Crippen molar-refractivity contribution >= 4 is 10.8 Å². The number of benzene rings is 1. The predicted octanol–water partition coefficient (Wildman–Crippen LogP) is 3.69. The van der Waals surface area contributed by atoms with Crippen LogP contribution in [0.5, 0.6) is 0 Å². The molecule has 108 valence electrons. The molecule has 0 bridgehead atoms. The van der Waals surface area contributed by atoms with Gasteiger partial charge in [0.1, 0.15) is 0 Å². The molecule has 0 aromatic heterocycles. The van der Waals surface area contributed by atoms with E-state index in [1.807, 2.05) is 12.1 Å². The molecule has 3 heteroatoms. The molecule has 1 N–H and O–H groups in total. The first-order chi connectivity index (χ1) is 8.97. The van der Waals surface area contributed by atoms with Gasteiger partial charge in [0.05, 0.1) is 16.0 Å². The fourth-order valence-corrected chi connectivity index (χ4v) is 3.23. The number of hydrogen-bond donors (Lipinski definition) is 1. The summed E-state index contributed by atoms with van der Waals surface area (Å²) in [7, 11) is -0.946. The maximum Gasteiger partial charge on any atom is 0.0573 e. The summed E-state index contributed by atoms with van der Waals surface area (Å²) >= 11 is 0. The Kier molecular flexibility index (Phi) is 6.73. The quantitative estimate of drug-likeness (QED) is 0.826. The van der Waals surface area contributed by atoms with Crippen LogP contribution in [0.1, 0.15) is 52.5 Å². The normalized spacial score (nSPS) is 16.3. The molecular formula is C16H27NOS. The monoisotopic (exact) mass is 281 g/mol. The zero-order valence-electron chi connectivity index (χ0n) is 12.8. The van der Waals surface area contributed by atoms with Gasteiger partial charge in [-0.1, -0.05) is 32.9 Å². The van der Waals surface area contributed by atoms with Gasteiger partial charge in [-0.3, -0.25) is 4.21 Å². The first-order valence-electron chi connectivity index (χ1n) is 7.21. The molecule has 3 unspecified atom stereocenters. The summed E-state index contributed by atoms with van der Waals surface area (Å²) in [5.74, 6) is 0.519. The second-order valence-corrected chi connectivity index (χ2v) is 7.28. The minimum Gasteiger partial charge on any atom is -0.313 e. The van der Waals surface area contributed by atoms with E-state index in [9.17, 15) is 4.21 Å². The Hall–Kier alpha value is -0.670. The van der Waals surface area contributed by atoms with Crippen molar-refractivity contribution in [3.8, 4) is 0 Å². The highest BCUT2D eigenvalue weighted by Gasteiger charge is 2.19. The van der Waals surface area contributed by atoms with Crippen LogP contribution in [-0.2, 0) is 10.8 Å². The SMILES string of the molecule is CCCNC(C)C(C)S(=O)c1ccc(C(C)C)cc1. The van der Waals surface area contributed by atoms with Gasteiger partial charge in [0.2, 0.25) is 0 Å².